The predicted molar refractivity (Wildman–Crippen MR) is 77.8 cm³/mol. The van der Waals surface area contributed by atoms with Crippen molar-refractivity contribution in [2.75, 3.05) is 0 Å². The number of fused-ring (bicyclic) bond motifs is 3. The van der Waals surface area contributed by atoms with Crippen LogP contribution in [0.3, 0.4) is 0 Å². The van der Waals surface area contributed by atoms with Crippen molar-refractivity contribution in [1.29, 1.82) is 0 Å². The van der Waals surface area contributed by atoms with Gasteiger partial charge in [0.15, 0.2) is 0 Å². The molecule has 3 rings (SSSR count). The number of rotatable bonds is 0. The molecule has 0 bridgehead atoms. The predicted octanol–water partition coefficient (Wildman–Crippen LogP) is 4.87. The summed E-state index contributed by atoms with van der Waals surface area (Å²) in [7, 11) is 0. The van der Waals surface area contributed by atoms with Gasteiger partial charge in [-0.1, -0.05) is 57.2 Å². The van der Waals surface area contributed by atoms with E-state index in [1.54, 1.807) is 0 Å². The van der Waals surface area contributed by atoms with Crippen molar-refractivity contribution in [2.45, 2.75) is 33.1 Å². The quantitative estimate of drug-likeness (QED) is 0.521. The number of aryl methyl sites for hydroxylation is 1. The first-order valence-electron chi connectivity index (χ1n) is 6.57. The van der Waals surface area contributed by atoms with E-state index in [1.165, 1.54) is 33.4 Å². The van der Waals surface area contributed by atoms with Crippen LogP contribution in [0.2, 0.25) is 0 Å². The van der Waals surface area contributed by atoms with Gasteiger partial charge in [0.2, 0.25) is 0 Å². The molecule has 0 heteroatoms. The SMILES string of the molecule is Cc1cccc2c1-c1cccc(C(C)(C)C)c1[CH]2. The molecule has 91 valence electrons. The van der Waals surface area contributed by atoms with Crippen molar-refractivity contribution in [3.05, 3.63) is 65.1 Å². The van der Waals surface area contributed by atoms with Gasteiger partial charge < -0.3 is 0 Å². The van der Waals surface area contributed by atoms with Crippen molar-refractivity contribution < 1.29 is 0 Å². The fourth-order valence-corrected chi connectivity index (χ4v) is 2.93. The molecule has 0 unspecified atom stereocenters. The molecule has 0 saturated carbocycles. The van der Waals surface area contributed by atoms with Gasteiger partial charge in [-0.3, -0.25) is 0 Å². The van der Waals surface area contributed by atoms with E-state index in [9.17, 15) is 0 Å². The van der Waals surface area contributed by atoms with Crippen LogP contribution in [-0.4, -0.2) is 0 Å². The third kappa shape index (κ3) is 1.59. The highest BCUT2D eigenvalue weighted by molar-refractivity contribution is 5.84. The Morgan fingerprint density at radius 3 is 2.33 bits per heavy atom. The molecule has 0 aliphatic heterocycles. The summed E-state index contributed by atoms with van der Waals surface area (Å²) in [6.07, 6.45) is 2.35. The fraction of sp³-hybridized carbons (Fsp3) is 0.278. The van der Waals surface area contributed by atoms with Gasteiger partial charge in [-0.25, -0.2) is 0 Å². The Labute approximate surface area is 110 Å². The summed E-state index contributed by atoms with van der Waals surface area (Å²) in [5.74, 6) is 0. The lowest BCUT2D eigenvalue weighted by Crippen LogP contribution is -2.13. The Hall–Kier alpha value is -1.56. The maximum absolute atomic E-state index is 2.35. The zero-order valence-corrected chi connectivity index (χ0v) is 11.5. The molecular weight excluding hydrogens is 216 g/mol. The molecule has 0 nitrogen and oxygen atoms in total. The molecule has 0 fully saturated rings. The summed E-state index contributed by atoms with van der Waals surface area (Å²) in [6.45, 7) is 9.05. The van der Waals surface area contributed by atoms with E-state index in [4.69, 9.17) is 0 Å². The van der Waals surface area contributed by atoms with Crippen LogP contribution in [0.1, 0.15) is 43.0 Å². The van der Waals surface area contributed by atoms with Gasteiger partial charge in [0.05, 0.1) is 0 Å². The fourth-order valence-electron chi connectivity index (χ4n) is 2.93. The Morgan fingerprint density at radius 2 is 1.61 bits per heavy atom. The minimum absolute atomic E-state index is 0.192. The molecular formula is C18H19. The van der Waals surface area contributed by atoms with E-state index in [1.807, 2.05) is 0 Å². The molecule has 1 aliphatic rings. The monoisotopic (exact) mass is 235 g/mol. The molecule has 2 aromatic rings. The molecule has 0 saturated heterocycles. The second-order valence-corrected chi connectivity index (χ2v) is 6.20. The van der Waals surface area contributed by atoms with Gasteiger partial charge >= 0.3 is 0 Å². The average molecular weight is 235 g/mol. The second kappa shape index (κ2) is 3.71. The minimum Gasteiger partial charge on any atom is -0.0617 e. The van der Waals surface area contributed by atoms with Crippen LogP contribution >= 0.6 is 0 Å². The van der Waals surface area contributed by atoms with Crippen molar-refractivity contribution in [2.24, 2.45) is 0 Å². The summed E-state index contributed by atoms with van der Waals surface area (Å²) in [5.41, 5.74) is 8.59. The first kappa shape index (κ1) is 11.5. The van der Waals surface area contributed by atoms with Crippen LogP contribution in [-0.2, 0) is 5.41 Å². The molecule has 0 spiro atoms. The van der Waals surface area contributed by atoms with Gasteiger partial charge in [0, 0.05) is 6.42 Å². The zero-order chi connectivity index (χ0) is 12.9. The molecule has 0 atom stereocenters. The van der Waals surface area contributed by atoms with Crippen LogP contribution in [0.15, 0.2) is 36.4 Å². The Kier molecular flexibility index (Phi) is 2.38. The lowest BCUT2D eigenvalue weighted by atomic mass is 9.82. The lowest BCUT2D eigenvalue weighted by molar-refractivity contribution is 0.588. The van der Waals surface area contributed by atoms with Crippen molar-refractivity contribution in [3.8, 4) is 11.1 Å². The average Bonchev–Trinajstić information content (AvgIpc) is 2.66. The van der Waals surface area contributed by atoms with Crippen LogP contribution < -0.4 is 0 Å². The van der Waals surface area contributed by atoms with Crippen molar-refractivity contribution in [1.82, 2.24) is 0 Å². The molecule has 18 heavy (non-hydrogen) atoms. The van der Waals surface area contributed by atoms with Gasteiger partial charge in [-0.2, -0.15) is 0 Å². The smallest absolute Gasteiger partial charge is 0.0215 e. The van der Waals surface area contributed by atoms with E-state index >= 15 is 0 Å². The Balaban J connectivity index is 2.28. The summed E-state index contributed by atoms with van der Waals surface area (Å²) >= 11 is 0. The van der Waals surface area contributed by atoms with Crippen LogP contribution in [0.25, 0.3) is 11.1 Å². The van der Waals surface area contributed by atoms with Crippen molar-refractivity contribution in [3.63, 3.8) is 0 Å². The number of benzene rings is 2. The molecule has 2 aromatic carbocycles. The van der Waals surface area contributed by atoms with Gasteiger partial charge in [0.25, 0.3) is 0 Å². The Morgan fingerprint density at radius 1 is 0.889 bits per heavy atom. The first-order chi connectivity index (χ1) is 8.48. The molecule has 1 aliphatic carbocycles. The van der Waals surface area contributed by atoms with E-state index in [0.29, 0.717) is 0 Å². The minimum atomic E-state index is 0.192. The van der Waals surface area contributed by atoms with Crippen molar-refractivity contribution >= 4 is 0 Å². The molecule has 0 aromatic heterocycles. The van der Waals surface area contributed by atoms with Gasteiger partial charge in [-0.15, -0.1) is 0 Å². The maximum Gasteiger partial charge on any atom is 0.0215 e. The largest absolute Gasteiger partial charge is 0.0617 e. The third-order valence-corrected chi connectivity index (χ3v) is 3.79. The maximum atomic E-state index is 2.35. The summed E-state index contributed by atoms with van der Waals surface area (Å²) in [6, 6.07) is 13.3. The summed E-state index contributed by atoms with van der Waals surface area (Å²) < 4.78 is 0. The topological polar surface area (TPSA) is 0 Å². The van der Waals surface area contributed by atoms with Crippen LogP contribution in [0.4, 0.5) is 0 Å². The summed E-state index contributed by atoms with van der Waals surface area (Å²) in [5, 5.41) is 0. The molecule has 0 amide bonds. The highest BCUT2D eigenvalue weighted by atomic mass is 14.3. The lowest BCUT2D eigenvalue weighted by Gasteiger charge is -2.22. The normalized spacial score (nSPS) is 13.3. The van der Waals surface area contributed by atoms with E-state index in [0.717, 1.165) is 0 Å². The van der Waals surface area contributed by atoms with Crippen LogP contribution in [0, 0.1) is 13.3 Å². The summed E-state index contributed by atoms with van der Waals surface area (Å²) in [4.78, 5) is 0. The Bertz CT molecular complexity index is 612. The van der Waals surface area contributed by atoms with E-state index < -0.39 is 0 Å². The van der Waals surface area contributed by atoms with E-state index in [2.05, 4.69) is 70.5 Å². The zero-order valence-electron chi connectivity index (χ0n) is 11.5. The van der Waals surface area contributed by atoms with Crippen LogP contribution in [0.5, 0.6) is 0 Å². The third-order valence-electron chi connectivity index (χ3n) is 3.79. The molecule has 1 radical (unpaired) electrons. The molecule has 0 N–H and O–H groups in total. The highest BCUT2D eigenvalue weighted by Gasteiger charge is 2.26. The second-order valence-electron chi connectivity index (χ2n) is 6.20. The highest BCUT2D eigenvalue weighted by Crippen LogP contribution is 2.43. The molecule has 0 heterocycles. The first-order valence-corrected chi connectivity index (χ1v) is 6.57. The van der Waals surface area contributed by atoms with Gasteiger partial charge in [-0.05, 0) is 45.7 Å². The number of hydrogen-bond acceptors (Lipinski definition) is 0. The standard InChI is InChI=1S/C18H19/c1-12-7-5-8-13-11-15-14(17(12)13)9-6-10-16(15)18(2,3)4/h5-11H,1-4H3. The van der Waals surface area contributed by atoms with E-state index in [-0.39, 0.29) is 5.41 Å². The van der Waals surface area contributed by atoms with Gasteiger partial charge in [0.1, 0.15) is 0 Å². The number of hydrogen-bond donors (Lipinski definition) is 0.